The third-order valence-electron chi connectivity index (χ3n) is 3.39. The molecular formula is C18H20F4IN3O. The van der Waals surface area contributed by atoms with E-state index in [-0.39, 0.29) is 48.4 Å². The van der Waals surface area contributed by atoms with Crippen molar-refractivity contribution < 1.29 is 22.3 Å². The summed E-state index contributed by atoms with van der Waals surface area (Å²) in [4.78, 5) is 4.19. The van der Waals surface area contributed by atoms with Gasteiger partial charge < -0.3 is 15.4 Å². The van der Waals surface area contributed by atoms with Gasteiger partial charge in [-0.3, -0.25) is 0 Å². The summed E-state index contributed by atoms with van der Waals surface area (Å²) in [5.41, 5.74) is 0.624. The molecule has 0 saturated heterocycles. The lowest BCUT2D eigenvalue weighted by Crippen LogP contribution is -2.36. The van der Waals surface area contributed by atoms with Crippen LogP contribution in [0.25, 0.3) is 0 Å². The summed E-state index contributed by atoms with van der Waals surface area (Å²) < 4.78 is 56.3. The van der Waals surface area contributed by atoms with Crippen molar-refractivity contribution in [2.24, 2.45) is 4.99 Å². The summed E-state index contributed by atoms with van der Waals surface area (Å²) in [7, 11) is 0. The predicted molar refractivity (Wildman–Crippen MR) is 107 cm³/mol. The summed E-state index contributed by atoms with van der Waals surface area (Å²) in [5.74, 6) is -0.709. The number of hydrogen-bond donors (Lipinski definition) is 2. The van der Waals surface area contributed by atoms with Crippen molar-refractivity contribution in [3.63, 3.8) is 0 Å². The van der Waals surface area contributed by atoms with E-state index in [1.807, 2.05) is 6.92 Å². The molecule has 0 heterocycles. The number of para-hydroxylation sites is 1. The lowest BCUT2D eigenvalue weighted by Gasteiger charge is -2.14. The first-order chi connectivity index (χ1) is 12.5. The largest absolute Gasteiger partial charge is 0.434 e. The summed E-state index contributed by atoms with van der Waals surface area (Å²) >= 11 is 0. The Labute approximate surface area is 172 Å². The average molecular weight is 497 g/mol. The summed E-state index contributed by atoms with van der Waals surface area (Å²) in [6.45, 7) is -0.455. The Morgan fingerprint density at radius 3 is 2.52 bits per heavy atom. The van der Waals surface area contributed by atoms with Crippen LogP contribution in [0.3, 0.4) is 0 Å². The van der Waals surface area contributed by atoms with Gasteiger partial charge in [0.2, 0.25) is 0 Å². The highest BCUT2D eigenvalue weighted by Gasteiger charge is 2.10. The van der Waals surface area contributed by atoms with Gasteiger partial charge in [0.25, 0.3) is 0 Å². The number of guanidine groups is 1. The van der Waals surface area contributed by atoms with E-state index >= 15 is 0 Å². The van der Waals surface area contributed by atoms with E-state index in [0.29, 0.717) is 18.1 Å². The van der Waals surface area contributed by atoms with Crippen molar-refractivity contribution in [3.8, 4) is 5.75 Å². The number of rotatable bonds is 7. The summed E-state index contributed by atoms with van der Waals surface area (Å²) in [5, 5.41) is 5.90. The molecule has 2 aromatic rings. The molecule has 2 aromatic carbocycles. The SMILES string of the molecule is CCNC(=NCc1cc(F)ccc1F)NCc1ccccc1OC(F)F.I. The van der Waals surface area contributed by atoms with Crippen LogP contribution >= 0.6 is 24.0 Å². The smallest absolute Gasteiger partial charge is 0.387 e. The Balaban J connectivity index is 0.00000364. The van der Waals surface area contributed by atoms with E-state index < -0.39 is 18.2 Å². The molecule has 0 aromatic heterocycles. The van der Waals surface area contributed by atoms with E-state index in [1.165, 1.54) is 6.07 Å². The van der Waals surface area contributed by atoms with Crippen LogP contribution in [0.2, 0.25) is 0 Å². The van der Waals surface area contributed by atoms with Crippen LogP contribution in [0.5, 0.6) is 5.75 Å². The molecule has 0 spiro atoms. The zero-order valence-electron chi connectivity index (χ0n) is 14.5. The van der Waals surface area contributed by atoms with Gasteiger partial charge in [0.15, 0.2) is 5.96 Å². The predicted octanol–water partition coefficient (Wildman–Crippen LogP) is 4.44. The molecule has 4 nitrogen and oxygen atoms in total. The number of aliphatic imine (C=N–C) groups is 1. The Bertz CT molecular complexity index is 759. The van der Waals surface area contributed by atoms with Gasteiger partial charge in [-0.15, -0.1) is 24.0 Å². The Kier molecular flexibility index (Phi) is 9.90. The first-order valence-corrected chi connectivity index (χ1v) is 7.98. The molecule has 0 aliphatic carbocycles. The average Bonchev–Trinajstić information content (AvgIpc) is 2.60. The van der Waals surface area contributed by atoms with Crippen LogP contribution < -0.4 is 15.4 Å². The quantitative estimate of drug-likeness (QED) is 0.258. The molecule has 0 amide bonds. The van der Waals surface area contributed by atoms with Crippen molar-refractivity contribution in [3.05, 3.63) is 65.2 Å². The minimum Gasteiger partial charge on any atom is -0.434 e. The molecule has 0 saturated carbocycles. The number of benzene rings is 2. The van der Waals surface area contributed by atoms with Crippen LogP contribution in [0.4, 0.5) is 17.6 Å². The van der Waals surface area contributed by atoms with Crippen molar-refractivity contribution in [2.45, 2.75) is 26.6 Å². The third kappa shape index (κ3) is 7.61. The number of hydrogen-bond acceptors (Lipinski definition) is 2. The fourth-order valence-electron chi connectivity index (χ4n) is 2.21. The second kappa shape index (κ2) is 11.6. The van der Waals surface area contributed by atoms with Crippen LogP contribution in [0, 0.1) is 11.6 Å². The van der Waals surface area contributed by atoms with Gasteiger partial charge in [-0.2, -0.15) is 8.78 Å². The minimum atomic E-state index is -2.92. The van der Waals surface area contributed by atoms with Crippen LogP contribution in [0.1, 0.15) is 18.1 Å². The fraction of sp³-hybridized carbons (Fsp3) is 0.278. The second-order valence-corrected chi connectivity index (χ2v) is 5.27. The number of alkyl halides is 2. The lowest BCUT2D eigenvalue weighted by molar-refractivity contribution is -0.0504. The highest BCUT2D eigenvalue weighted by molar-refractivity contribution is 14.0. The van der Waals surface area contributed by atoms with Crippen LogP contribution in [0.15, 0.2) is 47.5 Å². The summed E-state index contributed by atoms with van der Waals surface area (Å²) in [6, 6.07) is 9.52. The Morgan fingerprint density at radius 1 is 1.07 bits per heavy atom. The number of nitrogens with zero attached hydrogens (tertiary/aromatic N) is 1. The molecule has 0 aliphatic heterocycles. The minimum absolute atomic E-state index is 0. The van der Waals surface area contributed by atoms with Crippen molar-refractivity contribution in [2.75, 3.05) is 6.54 Å². The zero-order chi connectivity index (χ0) is 18.9. The maximum atomic E-state index is 13.7. The van der Waals surface area contributed by atoms with E-state index in [1.54, 1.807) is 18.2 Å². The highest BCUT2D eigenvalue weighted by atomic mass is 127. The zero-order valence-corrected chi connectivity index (χ0v) is 16.8. The van der Waals surface area contributed by atoms with Crippen molar-refractivity contribution >= 4 is 29.9 Å². The van der Waals surface area contributed by atoms with Gasteiger partial charge in [-0.25, -0.2) is 13.8 Å². The van der Waals surface area contributed by atoms with E-state index in [0.717, 1.165) is 18.2 Å². The number of ether oxygens (including phenoxy) is 1. The first-order valence-electron chi connectivity index (χ1n) is 7.98. The van der Waals surface area contributed by atoms with Gasteiger partial charge >= 0.3 is 6.61 Å². The first kappa shape index (κ1) is 23.0. The van der Waals surface area contributed by atoms with E-state index in [4.69, 9.17) is 0 Å². The molecular weight excluding hydrogens is 477 g/mol. The number of halogens is 5. The molecule has 9 heteroatoms. The second-order valence-electron chi connectivity index (χ2n) is 5.27. The highest BCUT2D eigenvalue weighted by Crippen LogP contribution is 2.20. The van der Waals surface area contributed by atoms with Gasteiger partial charge in [-0.1, -0.05) is 18.2 Å². The van der Waals surface area contributed by atoms with Gasteiger partial charge in [0, 0.05) is 24.2 Å². The molecule has 148 valence electrons. The van der Waals surface area contributed by atoms with Crippen molar-refractivity contribution in [1.82, 2.24) is 10.6 Å². The molecule has 0 radical (unpaired) electrons. The maximum absolute atomic E-state index is 13.7. The van der Waals surface area contributed by atoms with E-state index in [2.05, 4.69) is 20.4 Å². The van der Waals surface area contributed by atoms with Gasteiger partial charge in [-0.05, 0) is 31.2 Å². The van der Waals surface area contributed by atoms with Crippen molar-refractivity contribution in [1.29, 1.82) is 0 Å². The maximum Gasteiger partial charge on any atom is 0.387 e. The van der Waals surface area contributed by atoms with Crippen LogP contribution in [-0.2, 0) is 13.1 Å². The van der Waals surface area contributed by atoms with Crippen LogP contribution in [-0.4, -0.2) is 19.1 Å². The molecule has 2 N–H and O–H groups in total. The molecule has 0 unspecified atom stereocenters. The van der Waals surface area contributed by atoms with Gasteiger partial charge in [0.05, 0.1) is 6.54 Å². The molecule has 27 heavy (non-hydrogen) atoms. The third-order valence-corrected chi connectivity index (χ3v) is 3.39. The molecule has 0 aliphatic rings. The molecule has 2 rings (SSSR count). The standard InChI is InChI=1S/C18H19F4N3O.HI/c1-2-23-18(25-11-13-9-14(19)7-8-15(13)20)24-10-12-5-3-4-6-16(12)26-17(21)22;/h3-9,17H,2,10-11H2,1H3,(H2,23,24,25);1H. The van der Waals surface area contributed by atoms with E-state index in [9.17, 15) is 17.6 Å². The topological polar surface area (TPSA) is 45.7 Å². The fourth-order valence-corrected chi connectivity index (χ4v) is 2.21. The summed E-state index contributed by atoms with van der Waals surface area (Å²) in [6.07, 6.45) is 0. The molecule has 0 bridgehead atoms. The molecule has 0 fully saturated rings. The normalized spacial score (nSPS) is 11.1. The number of nitrogens with one attached hydrogen (secondary N) is 2. The Hall–Kier alpha value is -2.04. The monoisotopic (exact) mass is 497 g/mol. The van der Waals surface area contributed by atoms with Gasteiger partial charge in [0.1, 0.15) is 17.4 Å². The molecule has 0 atom stereocenters. The Morgan fingerprint density at radius 2 is 1.81 bits per heavy atom. The lowest BCUT2D eigenvalue weighted by atomic mass is 10.2.